The second-order valence-electron chi connectivity index (χ2n) is 9.88. The van der Waals surface area contributed by atoms with Crippen molar-refractivity contribution in [3.05, 3.63) is 0 Å². The Morgan fingerprint density at radius 1 is 1.06 bits per heavy atom. The highest BCUT2D eigenvalue weighted by Crippen LogP contribution is 2.64. The van der Waals surface area contributed by atoms with Gasteiger partial charge in [-0.2, -0.15) is 0 Å². The van der Waals surface area contributed by atoms with Crippen LogP contribution in [-0.4, -0.2) is 47.5 Å². The molecule has 0 aliphatic heterocycles. The third kappa shape index (κ3) is 8.15. The first-order valence-corrected chi connectivity index (χ1v) is 15.4. The number of carbonyl (C=O) groups excluding carboxylic acids is 2. The van der Waals surface area contributed by atoms with Crippen LogP contribution in [0.1, 0.15) is 98.8 Å². The van der Waals surface area contributed by atoms with Gasteiger partial charge in [0.15, 0.2) is 11.5 Å². The average molecular weight is 477 g/mol. The van der Waals surface area contributed by atoms with Gasteiger partial charge < -0.3 is 4.55 Å². The van der Waals surface area contributed by atoms with Gasteiger partial charge in [-0.25, -0.2) is 8.42 Å². The van der Waals surface area contributed by atoms with Crippen LogP contribution in [0.4, 0.5) is 0 Å². The third-order valence-corrected chi connectivity index (χ3v) is 10.6. The minimum atomic E-state index is -4.33. The number of Topliss-reactive ketones (excluding diaryl/α,β-unsaturated/α-hetero) is 2. The summed E-state index contributed by atoms with van der Waals surface area (Å²) in [5, 5.41) is 0. The fourth-order valence-electron chi connectivity index (χ4n) is 5.03. The third-order valence-electron chi connectivity index (χ3n) is 7.31. The van der Waals surface area contributed by atoms with Crippen LogP contribution in [0.15, 0.2) is 0 Å². The molecule has 0 saturated heterocycles. The summed E-state index contributed by atoms with van der Waals surface area (Å²) in [6.45, 7) is 10.5. The van der Waals surface area contributed by atoms with Crippen LogP contribution >= 0.6 is 0 Å². The molecule has 2 unspecified atom stereocenters. The van der Waals surface area contributed by atoms with Crippen molar-refractivity contribution in [1.29, 1.82) is 0 Å². The lowest BCUT2D eigenvalue weighted by atomic mass is 9.70. The van der Waals surface area contributed by atoms with Crippen LogP contribution in [-0.2, 0) is 30.6 Å². The average Bonchev–Trinajstić information content (AvgIpc) is 3.02. The maximum Gasteiger partial charge on any atom is 0.181 e. The van der Waals surface area contributed by atoms with Crippen molar-refractivity contribution >= 4 is 32.6 Å². The zero-order valence-electron chi connectivity index (χ0n) is 20.3. The Balaban J connectivity index is 0.000000310. The van der Waals surface area contributed by atoms with Gasteiger partial charge in [0.2, 0.25) is 0 Å². The fourth-order valence-corrected chi connectivity index (χ4v) is 8.79. The summed E-state index contributed by atoms with van der Waals surface area (Å²) in [6, 6.07) is 0. The van der Waals surface area contributed by atoms with Crippen molar-refractivity contribution in [2.24, 2.45) is 16.7 Å². The number of hydrogen-bond donors (Lipinski definition) is 0. The Bertz CT molecular complexity index is 678. The van der Waals surface area contributed by atoms with Crippen molar-refractivity contribution in [3.63, 3.8) is 0 Å². The van der Waals surface area contributed by atoms with Crippen molar-refractivity contribution in [2.45, 2.75) is 98.8 Å². The first-order valence-electron chi connectivity index (χ1n) is 12.1. The molecule has 31 heavy (non-hydrogen) atoms. The summed E-state index contributed by atoms with van der Waals surface area (Å²) in [7, 11) is -3.93. The molecule has 182 valence electrons. The second kappa shape index (κ2) is 12.7. The molecule has 2 bridgehead atoms. The highest BCUT2D eigenvalue weighted by atomic mass is 32.2. The zero-order valence-corrected chi connectivity index (χ0v) is 22.0. The Kier molecular flexibility index (Phi) is 11.8. The molecule has 2 aliphatic rings. The highest BCUT2D eigenvalue weighted by molar-refractivity contribution is 7.97. The van der Waals surface area contributed by atoms with Crippen LogP contribution in [0.3, 0.4) is 0 Å². The van der Waals surface area contributed by atoms with Crippen LogP contribution < -0.4 is 0 Å². The topological polar surface area (TPSA) is 91.3 Å². The van der Waals surface area contributed by atoms with Gasteiger partial charge in [0.1, 0.15) is 17.3 Å². The zero-order chi connectivity index (χ0) is 23.7. The van der Waals surface area contributed by atoms with E-state index in [-0.39, 0.29) is 17.1 Å². The van der Waals surface area contributed by atoms with Crippen LogP contribution in [0.5, 0.6) is 0 Å². The van der Waals surface area contributed by atoms with Gasteiger partial charge in [-0.05, 0) is 54.3 Å². The summed E-state index contributed by atoms with van der Waals surface area (Å²) in [6.07, 6.45) is 10.0. The van der Waals surface area contributed by atoms with Gasteiger partial charge in [-0.3, -0.25) is 9.59 Å². The van der Waals surface area contributed by atoms with Crippen molar-refractivity contribution in [1.82, 2.24) is 0 Å². The lowest BCUT2D eigenvalue weighted by Crippen LogP contribution is -2.42. The summed E-state index contributed by atoms with van der Waals surface area (Å²) in [4.78, 5) is 23.6. The largest absolute Gasteiger partial charge is 0.748 e. The lowest BCUT2D eigenvalue weighted by molar-refractivity contribution is -0.128. The van der Waals surface area contributed by atoms with E-state index in [2.05, 4.69) is 20.8 Å². The minimum Gasteiger partial charge on any atom is -0.748 e. The van der Waals surface area contributed by atoms with E-state index >= 15 is 0 Å². The molecule has 0 aromatic rings. The fraction of sp³-hybridized carbons (Fsp3) is 0.917. The minimum absolute atomic E-state index is 0.0248. The maximum absolute atomic E-state index is 11.8. The Labute approximate surface area is 193 Å². The molecule has 0 spiro atoms. The number of ketones is 2. The quantitative estimate of drug-likeness (QED) is 0.279. The molecule has 2 rings (SSSR count). The molecule has 0 heterocycles. The molecule has 2 fully saturated rings. The smallest absolute Gasteiger partial charge is 0.181 e. The molecule has 0 aromatic heterocycles. The lowest BCUT2D eigenvalue weighted by Gasteiger charge is -2.37. The van der Waals surface area contributed by atoms with E-state index in [0.717, 1.165) is 31.4 Å². The Morgan fingerprint density at radius 3 is 2.00 bits per heavy atom. The van der Waals surface area contributed by atoms with Crippen LogP contribution in [0, 0.1) is 16.7 Å². The van der Waals surface area contributed by atoms with Gasteiger partial charge in [-0.1, -0.05) is 53.9 Å². The van der Waals surface area contributed by atoms with E-state index < -0.39 is 21.3 Å². The monoisotopic (exact) mass is 476 g/mol. The summed E-state index contributed by atoms with van der Waals surface area (Å²) >= 11 is 0. The van der Waals surface area contributed by atoms with E-state index in [9.17, 15) is 22.6 Å². The maximum atomic E-state index is 11.8. The molecular weight excluding hydrogens is 432 g/mol. The molecule has 2 saturated carbocycles. The molecule has 7 heteroatoms. The Morgan fingerprint density at radius 2 is 1.61 bits per heavy atom. The van der Waals surface area contributed by atoms with E-state index in [1.807, 2.05) is 13.8 Å². The van der Waals surface area contributed by atoms with Crippen LogP contribution in [0.2, 0.25) is 0 Å². The van der Waals surface area contributed by atoms with Gasteiger partial charge in [0.05, 0.1) is 15.9 Å². The van der Waals surface area contributed by atoms with Crippen molar-refractivity contribution < 1.29 is 22.6 Å². The summed E-state index contributed by atoms with van der Waals surface area (Å²) < 4.78 is 32.7. The molecule has 2 aliphatic carbocycles. The molecule has 2 atom stereocenters. The summed E-state index contributed by atoms with van der Waals surface area (Å²) in [5.74, 6) is 3.68. The van der Waals surface area contributed by atoms with Crippen molar-refractivity contribution in [2.75, 3.05) is 23.0 Å². The molecule has 0 radical (unpaired) electrons. The predicted molar refractivity (Wildman–Crippen MR) is 129 cm³/mol. The van der Waals surface area contributed by atoms with Crippen LogP contribution in [0.25, 0.3) is 0 Å². The normalized spacial score (nSPS) is 24.4. The van der Waals surface area contributed by atoms with Crippen molar-refractivity contribution in [3.8, 4) is 0 Å². The second-order valence-corrected chi connectivity index (χ2v) is 13.6. The standard InChI is InChI=1S/C14H29OS.C10H16O4S/c1-4-7-10-14(15)13-16(11-8-5-2)12-9-6-3;1-9(2)7-3-4-10(9,8(11)5-7)6-15(12,13)14/h4-13H2,1-3H3;7H,3-6H2,1-2H3,(H,12,13,14)/q+1;/p-1. The highest BCUT2D eigenvalue weighted by Gasteiger charge is 2.64. The van der Waals surface area contributed by atoms with Gasteiger partial charge >= 0.3 is 0 Å². The predicted octanol–water partition coefficient (Wildman–Crippen LogP) is 4.89. The van der Waals surface area contributed by atoms with E-state index in [1.54, 1.807) is 0 Å². The number of fused-ring (bicyclic) bond motifs is 2. The molecule has 0 N–H and O–H groups in total. The number of rotatable bonds is 13. The first kappa shape index (κ1) is 28.6. The summed E-state index contributed by atoms with van der Waals surface area (Å²) in [5.41, 5.74) is -1.22. The van der Waals surface area contributed by atoms with Gasteiger partial charge in [0.25, 0.3) is 0 Å². The van der Waals surface area contributed by atoms with Gasteiger partial charge in [0, 0.05) is 18.3 Å². The molecule has 0 aromatic carbocycles. The van der Waals surface area contributed by atoms with Gasteiger partial charge in [-0.15, -0.1) is 0 Å². The Hall–Kier alpha value is -0.400. The number of carbonyl (C=O) groups is 2. The molecule has 5 nitrogen and oxygen atoms in total. The molecule has 0 amide bonds. The SMILES string of the molecule is CC1(C)C2CCC1(CS(=O)(=O)[O-])C(=O)C2.CCCCC(=O)C[S+](CCCC)CCCC. The van der Waals surface area contributed by atoms with E-state index in [0.29, 0.717) is 29.5 Å². The first-order chi connectivity index (χ1) is 14.4. The van der Waals surface area contributed by atoms with E-state index in [4.69, 9.17) is 0 Å². The number of unbranched alkanes of at least 4 members (excludes halogenated alkanes) is 3. The number of hydrogen-bond acceptors (Lipinski definition) is 5. The van der Waals surface area contributed by atoms with E-state index in [1.165, 1.54) is 37.2 Å². The molecular formula is C24H44O5S2.